The standard InChI is InChI=1S/C14H14BrCl2NS.C2H6/c1-8(2)3-6-12-13(18-14(15)19-12)9-4-5-10(16)11(17)7-9;1-2/h4-5,7-8H,3,6H2,1-2H3;1-2H3. The summed E-state index contributed by atoms with van der Waals surface area (Å²) in [4.78, 5) is 5.85. The van der Waals surface area contributed by atoms with Crippen LogP contribution in [0, 0.1) is 5.92 Å². The predicted molar refractivity (Wildman–Crippen MR) is 99.8 cm³/mol. The molecule has 0 aliphatic carbocycles. The lowest BCUT2D eigenvalue weighted by molar-refractivity contribution is 0.590. The van der Waals surface area contributed by atoms with Crippen LogP contribution < -0.4 is 0 Å². The van der Waals surface area contributed by atoms with E-state index in [0.29, 0.717) is 16.0 Å². The van der Waals surface area contributed by atoms with Crippen LogP contribution in [-0.2, 0) is 6.42 Å². The molecule has 2 aromatic rings. The Bertz CT molecular complexity index is 582. The van der Waals surface area contributed by atoms with Crippen molar-refractivity contribution in [1.29, 1.82) is 0 Å². The second-order valence-electron chi connectivity index (χ2n) is 4.80. The summed E-state index contributed by atoms with van der Waals surface area (Å²) in [5, 5.41) is 1.14. The molecule has 0 spiro atoms. The number of hydrogen-bond acceptors (Lipinski definition) is 2. The summed E-state index contributed by atoms with van der Waals surface area (Å²) in [6.07, 6.45) is 2.19. The molecule has 1 aromatic heterocycles. The van der Waals surface area contributed by atoms with Crippen LogP contribution in [0.25, 0.3) is 11.3 Å². The maximum absolute atomic E-state index is 6.08. The molecule has 0 aliphatic heterocycles. The normalized spacial score (nSPS) is 10.5. The van der Waals surface area contributed by atoms with Crippen molar-refractivity contribution < 1.29 is 0 Å². The van der Waals surface area contributed by atoms with Crippen LogP contribution in [0.4, 0.5) is 0 Å². The zero-order valence-corrected chi connectivity index (χ0v) is 16.6. The number of halogens is 3. The predicted octanol–water partition coefficient (Wildman–Crippen LogP) is 7.49. The Morgan fingerprint density at radius 2 is 1.86 bits per heavy atom. The third kappa shape index (κ3) is 5.55. The highest BCUT2D eigenvalue weighted by Gasteiger charge is 2.13. The van der Waals surface area contributed by atoms with E-state index in [1.807, 2.05) is 32.0 Å². The maximum atomic E-state index is 6.08. The average molecular weight is 409 g/mol. The lowest BCUT2D eigenvalue weighted by Crippen LogP contribution is -1.92. The largest absolute Gasteiger partial charge is 0.229 e. The molecule has 1 heterocycles. The van der Waals surface area contributed by atoms with E-state index >= 15 is 0 Å². The van der Waals surface area contributed by atoms with Gasteiger partial charge < -0.3 is 0 Å². The van der Waals surface area contributed by atoms with E-state index in [1.54, 1.807) is 11.3 Å². The quantitative estimate of drug-likeness (QED) is 0.510. The molecule has 0 bridgehead atoms. The summed E-state index contributed by atoms with van der Waals surface area (Å²) in [5.41, 5.74) is 2.03. The molecule has 21 heavy (non-hydrogen) atoms. The first kappa shape index (κ1) is 19.0. The van der Waals surface area contributed by atoms with Crippen molar-refractivity contribution in [1.82, 2.24) is 4.98 Å². The lowest BCUT2D eigenvalue weighted by atomic mass is 10.0. The Morgan fingerprint density at radius 1 is 1.19 bits per heavy atom. The van der Waals surface area contributed by atoms with Crippen LogP contribution in [0.1, 0.15) is 39.0 Å². The van der Waals surface area contributed by atoms with Gasteiger partial charge in [0, 0.05) is 10.4 Å². The Balaban J connectivity index is 0.00000106. The summed E-state index contributed by atoms with van der Waals surface area (Å²) >= 11 is 17.2. The van der Waals surface area contributed by atoms with Crippen LogP contribution in [0.15, 0.2) is 22.1 Å². The number of hydrogen-bond donors (Lipinski definition) is 0. The SMILES string of the molecule is CC.CC(C)CCc1sc(Br)nc1-c1ccc(Cl)c(Cl)c1. The molecule has 0 saturated heterocycles. The molecule has 0 atom stereocenters. The fourth-order valence-electron chi connectivity index (χ4n) is 1.78. The molecular formula is C16H20BrCl2NS. The first-order valence-corrected chi connectivity index (χ1v) is 9.44. The van der Waals surface area contributed by atoms with E-state index in [2.05, 4.69) is 34.8 Å². The number of nitrogens with zero attached hydrogens (tertiary/aromatic N) is 1. The first-order valence-electron chi connectivity index (χ1n) is 7.08. The van der Waals surface area contributed by atoms with Gasteiger partial charge in [-0.2, -0.15) is 0 Å². The highest BCUT2D eigenvalue weighted by Crippen LogP contribution is 2.35. The van der Waals surface area contributed by atoms with Crippen molar-refractivity contribution in [3.05, 3.63) is 37.0 Å². The number of aryl methyl sites for hydroxylation is 1. The molecule has 0 aliphatic rings. The van der Waals surface area contributed by atoms with Gasteiger partial charge in [-0.05, 0) is 46.8 Å². The fourth-order valence-corrected chi connectivity index (χ4v) is 3.66. The van der Waals surface area contributed by atoms with E-state index in [1.165, 1.54) is 4.88 Å². The zero-order valence-electron chi connectivity index (χ0n) is 12.7. The molecule has 5 heteroatoms. The number of aromatic nitrogens is 1. The summed E-state index contributed by atoms with van der Waals surface area (Å²) in [6.45, 7) is 8.46. The molecule has 1 aromatic carbocycles. The number of thiazole rings is 1. The van der Waals surface area contributed by atoms with Crippen LogP contribution in [0.5, 0.6) is 0 Å². The number of rotatable bonds is 4. The maximum Gasteiger partial charge on any atom is 0.160 e. The van der Waals surface area contributed by atoms with E-state index in [4.69, 9.17) is 23.2 Å². The molecule has 0 amide bonds. The van der Waals surface area contributed by atoms with Gasteiger partial charge in [-0.3, -0.25) is 0 Å². The molecule has 0 radical (unpaired) electrons. The van der Waals surface area contributed by atoms with Crippen LogP contribution in [0.3, 0.4) is 0 Å². The van der Waals surface area contributed by atoms with E-state index in [0.717, 1.165) is 28.0 Å². The molecular weight excluding hydrogens is 389 g/mol. The third-order valence-corrected chi connectivity index (χ3v) is 5.12. The zero-order chi connectivity index (χ0) is 16.0. The summed E-state index contributed by atoms with van der Waals surface area (Å²) in [7, 11) is 0. The topological polar surface area (TPSA) is 12.9 Å². The second-order valence-corrected chi connectivity index (χ2v) is 7.97. The fraction of sp³-hybridized carbons (Fsp3) is 0.438. The molecule has 0 saturated carbocycles. The summed E-state index contributed by atoms with van der Waals surface area (Å²) in [5.74, 6) is 0.683. The van der Waals surface area contributed by atoms with E-state index in [9.17, 15) is 0 Å². The molecule has 0 N–H and O–H groups in total. The van der Waals surface area contributed by atoms with Crippen LogP contribution >= 0.6 is 50.5 Å². The number of benzene rings is 1. The molecule has 116 valence electrons. The van der Waals surface area contributed by atoms with Gasteiger partial charge >= 0.3 is 0 Å². The lowest BCUT2D eigenvalue weighted by Gasteiger charge is -2.06. The highest BCUT2D eigenvalue weighted by atomic mass is 79.9. The Kier molecular flexibility index (Phi) is 8.25. The summed E-state index contributed by atoms with van der Waals surface area (Å²) < 4.78 is 0.910. The van der Waals surface area contributed by atoms with Crippen molar-refractivity contribution in [2.75, 3.05) is 0 Å². The Hall–Kier alpha value is -0.0900. The minimum atomic E-state index is 0.568. The minimum absolute atomic E-state index is 0.568. The van der Waals surface area contributed by atoms with Gasteiger partial charge in [0.05, 0.1) is 15.7 Å². The van der Waals surface area contributed by atoms with Gasteiger partial charge in [-0.15, -0.1) is 11.3 Å². The van der Waals surface area contributed by atoms with Gasteiger partial charge in [0.2, 0.25) is 0 Å². The van der Waals surface area contributed by atoms with Crippen molar-refractivity contribution in [2.24, 2.45) is 5.92 Å². The molecule has 0 unspecified atom stereocenters. The van der Waals surface area contributed by atoms with E-state index < -0.39 is 0 Å². The van der Waals surface area contributed by atoms with Crippen LogP contribution in [0.2, 0.25) is 10.0 Å². The second kappa shape index (κ2) is 9.14. The van der Waals surface area contributed by atoms with Crippen molar-refractivity contribution in [3.8, 4) is 11.3 Å². The third-order valence-electron chi connectivity index (χ3n) is 2.81. The molecule has 0 fully saturated rings. The molecule has 1 nitrogen and oxygen atoms in total. The van der Waals surface area contributed by atoms with Crippen molar-refractivity contribution >= 4 is 50.5 Å². The smallest absolute Gasteiger partial charge is 0.160 e. The minimum Gasteiger partial charge on any atom is -0.229 e. The monoisotopic (exact) mass is 407 g/mol. The Labute approximate surface area is 149 Å². The van der Waals surface area contributed by atoms with E-state index in [-0.39, 0.29) is 0 Å². The van der Waals surface area contributed by atoms with Gasteiger partial charge in [0.25, 0.3) is 0 Å². The first-order chi connectivity index (χ1) is 9.97. The van der Waals surface area contributed by atoms with Crippen molar-refractivity contribution in [2.45, 2.75) is 40.5 Å². The average Bonchev–Trinajstić information content (AvgIpc) is 2.83. The van der Waals surface area contributed by atoms with Gasteiger partial charge in [0.1, 0.15) is 0 Å². The van der Waals surface area contributed by atoms with Crippen molar-refractivity contribution in [3.63, 3.8) is 0 Å². The van der Waals surface area contributed by atoms with Gasteiger partial charge in [-0.25, -0.2) is 4.98 Å². The van der Waals surface area contributed by atoms with Gasteiger partial charge in [-0.1, -0.05) is 57.0 Å². The summed E-state index contributed by atoms with van der Waals surface area (Å²) in [6, 6.07) is 5.66. The highest BCUT2D eigenvalue weighted by molar-refractivity contribution is 9.11. The molecule has 2 rings (SSSR count). The van der Waals surface area contributed by atoms with Crippen LogP contribution in [-0.4, -0.2) is 4.98 Å². The van der Waals surface area contributed by atoms with Gasteiger partial charge in [0.15, 0.2) is 3.92 Å². The Morgan fingerprint density at radius 3 is 2.43 bits per heavy atom.